The van der Waals surface area contributed by atoms with Gasteiger partial charge in [0.25, 0.3) is 0 Å². The first-order valence-electron chi connectivity index (χ1n) is 9.30. The first-order valence-corrected chi connectivity index (χ1v) is 9.30. The maximum atomic E-state index is 12.0. The van der Waals surface area contributed by atoms with Gasteiger partial charge in [0.15, 0.2) is 0 Å². The third-order valence-corrected chi connectivity index (χ3v) is 8.65. The quantitative estimate of drug-likeness (QED) is 0.714. The van der Waals surface area contributed by atoms with Gasteiger partial charge in [-0.2, -0.15) is 0 Å². The van der Waals surface area contributed by atoms with E-state index in [1.54, 1.807) is 0 Å². The summed E-state index contributed by atoms with van der Waals surface area (Å²) < 4.78 is 0. The number of carboxylic acids is 1. The summed E-state index contributed by atoms with van der Waals surface area (Å²) in [5.41, 5.74) is 0.128. The highest BCUT2D eigenvalue weighted by molar-refractivity contribution is 5.75. The van der Waals surface area contributed by atoms with E-state index in [0.717, 1.165) is 63.4 Å². The molecular weight excluding hydrogens is 288 g/mol. The van der Waals surface area contributed by atoms with Crippen molar-refractivity contribution in [2.24, 2.45) is 28.1 Å². The topological polar surface area (TPSA) is 57.5 Å². The molecule has 0 aromatic heterocycles. The Morgan fingerprint density at radius 1 is 1.13 bits per heavy atom. The van der Waals surface area contributed by atoms with Gasteiger partial charge in [0.1, 0.15) is 0 Å². The van der Waals surface area contributed by atoms with Crippen molar-refractivity contribution < 1.29 is 15.0 Å². The van der Waals surface area contributed by atoms with Gasteiger partial charge in [-0.15, -0.1) is 0 Å². The molecule has 4 rings (SSSR count). The zero-order valence-electron chi connectivity index (χ0n) is 14.5. The summed E-state index contributed by atoms with van der Waals surface area (Å²) >= 11 is 0. The van der Waals surface area contributed by atoms with E-state index in [-0.39, 0.29) is 16.7 Å². The molecule has 0 aliphatic heterocycles. The van der Waals surface area contributed by atoms with Crippen molar-refractivity contribution in [1.29, 1.82) is 0 Å². The maximum Gasteiger partial charge on any atom is 0.309 e. The largest absolute Gasteiger partial charge is 0.481 e. The number of hydrogen-bond acceptors (Lipinski definition) is 2. The highest BCUT2D eigenvalue weighted by Gasteiger charge is 2.67. The lowest BCUT2D eigenvalue weighted by Gasteiger charge is -2.63. The second kappa shape index (κ2) is 4.41. The minimum atomic E-state index is -0.634. The number of aliphatic carboxylic acids is 1. The molecule has 0 aromatic rings. The van der Waals surface area contributed by atoms with Crippen LogP contribution in [0.5, 0.6) is 0 Å². The number of hydrogen-bond donors (Lipinski definition) is 2. The molecule has 0 saturated heterocycles. The van der Waals surface area contributed by atoms with Gasteiger partial charge in [-0.25, -0.2) is 0 Å². The smallest absolute Gasteiger partial charge is 0.309 e. The summed E-state index contributed by atoms with van der Waals surface area (Å²) in [6, 6.07) is 0. The van der Waals surface area contributed by atoms with Gasteiger partial charge in [-0.05, 0) is 86.5 Å². The molecule has 2 bridgehead atoms. The van der Waals surface area contributed by atoms with Gasteiger partial charge < -0.3 is 10.2 Å². The molecule has 0 amide bonds. The highest BCUT2D eigenvalue weighted by Crippen LogP contribution is 2.72. The molecule has 6 unspecified atom stereocenters. The molecule has 4 fully saturated rings. The number of carboxylic acid groups (broad SMARTS) is 1. The third-order valence-electron chi connectivity index (χ3n) is 8.65. The summed E-state index contributed by atoms with van der Waals surface area (Å²) in [4.78, 5) is 12.0. The summed E-state index contributed by atoms with van der Waals surface area (Å²) in [6.07, 6.45) is 8.75. The van der Waals surface area contributed by atoms with E-state index < -0.39 is 17.0 Å². The number of fused-ring (bicyclic) bond motifs is 3. The predicted octanol–water partition coefficient (Wildman–Crippen LogP) is 4.16. The Kier molecular flexibility index (Phi) is 3.01. The van der Waals surface area contributed by atoms with Gasteiger partial charge in [0.05, 0.1) is 11.0 Å². The van der Waals surface area contributed by atoms with Gasteiger partial charge in [-0.1, -0.05) is 19.9 Å². The molecule has 128 valence electrons. The fourth-order valence-corrected chi connectivity index (χ4v) is 7.61. The van der Waals surface area contributed by atoms with Crippen LogP contribution in [0.15, 0.2) is 12.2 Å². The Balaban J connectivity index is 1.76. The summed E-state index contributed by atoms with van der Waals surface area (Å²) in [6.45, 7) is 8.55. The summed E-state index contributed by atoms with van der Waals surface area (Å²) in [5.74, 6) is 0.219. The third kappa shape index (κ3) is 1.78. The summed E-state index contributed by atoms with van der Waals surface area (Å²) in [7, 11) is 0. The normalized spacial score (nSPS) is 55.2. The fraction of sp³-hybridized carbons (Fsp3) is 0.850. The van der Waals surface area contributed by atoms with Crippen LogP contribution in [0, 0.1) is 28.1 Å². The Morgan fingerprint density at radius 3 is 2.52 bits per heavy atom. The number of aliphatic hydroxyl groups is 1. The Labute approximate surface area is 139 Å². The minimum absolute atomic E-state index is 0.107. The molecular formula is C20H30O3. The highest BCUT2D eigenvalue weighted by atomic mass is 16.4. The van der Waals surface area contributed by atoms with Crippen LogP contribution >= 0.6 is 0 Å². The maximum absolute atomic E-state index is 12.0. The van der Waals surface area contributed by atoms with E-state index in [1.165, 1.54) is 0 Å². The van der Waals surface area contributed by atoms with E-state index in [1.807, 2.05) is 6.92 Å². The van der Waals surface area contributed by atoms with Crippen molar-refractivity contribution in [2.75, 3.05) is 0 Å². The van der Waals surface area contributed by atoms with Crippen molar-refractivity contribution in [3.05, 3.63) is 12.2 Å². The Bertz CT molecular complexity index is 583. The van der Waals surface area contributed by atoms with Gasteiger partial charge >= 0.3 is 5.97 Å². The van der Waals surface area contributed by atoms with E-state index in [0.29, 0.717) is 5.92 Å². The van der Waals surface area contributed by atoms with Crippen molar-refractivity contribution in [2.45, 2.75) is 77.2 Å². The Morgan fingerprint density at radius 2 is 1.83 bits per heavy atom. The van der Waals surface area contributed by atoms with Crippen molar-refractivity contribution in [3.8, 4) is 0 Å². The average Bonchev–Trinajstić information content (AvgIpc) is 2.63. The van der Waals surface area contributed by atoms with Crippen LogP contribution in [-0.2, 0) is 4.79 Å². The molecule has 1 spiro atoms. The van der Waals surface area contributed by atoms with Crippen molar-refractivity contribution >= 4 is 5.97 Å². The SMILES string of the molecule is C=C1CC23CCC4C(C)(C(=O)O)CCCC4(C)C2CCC1(O)C3. The van der Waals surface area contributed by atoms with Crippen LogP contribution in [0.1, 0.15) is 71.6 Å². The van der Waals surface area contributed by atoms with Gasteiger partial charge in [0.2, 0.25) is 0 Å². The molecule has 4 aliphatic carbocycles. The predicted molar refractivity (Wildman–Crippen MR) is 88.9 cm³/mol. The molecule has 4 aliphatic rings. The van der Waals surface area contributed by atoms with E-state index in [9.17, 15) is 15.0 Å². The number of rotatable bonds is 1. The lowest BCUT2D eigenvalue weighted by atomic mass is 9.41. The van der Waals surface area contributed by atoms with Crippen LogP contribution in [0.2, 0.25) is 0 Å². The molecule has 3 nitrogen and oxygen atoms in total. The molecule has 0 aromatic carbocycles. The second-order valence-corrected chi connectivity index (χ2v) is 9.62. The molecule has 23 heavy (non-hydrogen) atoms. The van der Waals surface area contributed by atoms with Crippen LogP contribution < -0.4 is 0 Å². The fourth-order valence-electron chi connectivity index (χ4n) is 7.61. The van der Waals surface area contributed by atoms with Crippen LogP contribution in [0.3, 0.4) is 0 Å². The standard InChI is InChI=1S/C20H30O3/c1-13-11-19-9-5-14-17(2,7-4-8-18(14,3)16(21)22)15(19)6-10-20(13,23)12-19/h14-15,23H,1,4-12H2,2-3H3,(H,21,22). The number of carbonyl (C=O) groups is 1. The molecule has 0 heterocycles. The Hall–Kier alpha value is -0.830. The average molecular weight is 318 g/mol. The molecule has 4 saturated carbocycles. The van der Waals surface area contributed by atoms with E-state index in [4.69, 9.17) is 0 Å². The minimum Gasteiger partial charge on any atom is -0.481 e. The van der Waals surface area contributed by atoms with Crippen LogP contribution in [0.4, 0.5) is 0 Å². The van der Waals surface area contributed by atoms with Gasteiger partial charge in [0, 0.05) is 0 Å². The zero-order chi connectivity index (χ0) is 16.7. The monoisotopic (exact) mass is 318 g/mol. The van der Waals surface area contributed by atoms with E-state index >= 15 is 0 Å². The van der Waals surface area contributed by atoms with Crippen LogP contribution in [0.25, 0.3) is 0 Å². The van der Waals surface area contributed by atoms with Crippen molar-refractivity contribution in [1.82, 2.24) is 0 Å². The second-order valence-electron chi connectivity index (χ2n) is 9.62. The first-order chi connectivity index (χ1) is 10.7. The first kappa shape index (κ1) is 15.7. The lowest BCUT2D eigenvalue weighted by molar-refractivity contribution is -0.186. The van der Waals surface area contributed by atoms with E-state index in [2.05, 4.69) is 13.5 Å². The molecule has 2 N–H and O–H groups in total. The summed E-state index contributed by atoms with van der Waals surface area (Å²) in [5, 5.41) is 20.8. The molecule has 0 radical (unpaired) electrons. The lowest BCUT2D eigenvalue weighted by Crippen LogP contribution is -2.59. The van der Waals surface area contributed by atoms with Gasteiger partial charge in [-0.3, -0.25) is 4.79 Å². The molecule has 6 atom stereocenters. The van der Waals surface area contributed by atoms with Crippen LogP contribution in [-0.4, -0.2) is 21.8 Å². The molecule has 3 heteroatoms. The zero-order valence-corrected chi connectivity index (χ0v) is 14.5. The van der Waals surface area contributed by atoms with Crippen molar-refractivity contribution in [3.63, 3.8) is 0 Å².